The molecule has 178 valence electrons. The Morgan fingerprint density at radius 1 is 0.971 bits per heavy atom. The predicted octanol–water partition coefficient (Wildman–Crippen LogP) is 4.06. The van der Waals surface area contributed by atoms with Crippen LogP contribution in [-0.4, -0.2) is 40.8 Å². The molecule has 0 saturated carbocycles. The fourth-order valence-corrected chi connectivity index (χ4v) is 4.45. The van der Waals surface area contributed by atoms with Gasteiger partial charge in [-0.2, -0.15) is 0 Å². The lowest BCUT2D eigenvalue weighted by molar-refractivity contribution is 0.340. The van der Waals surface area contributed by atoms with Crippen molar-refractivity contribution in [1.82, 2.24) is 19.9 Å². The minimum absolute atomic E-state index is 0.0726. The van der Waals surface area contributed by atoms with E-state index in [0.717, 1.165) is 36.5 Å². The molecule has 0 amide bonds. The van der Waals surface area contributed by atoms with Gasteiger partial charge in [0.05, 0.1) is 12.3 Å². The summed E-state index contributed by atoms with van der Waals surface area (Å²) in [5, 5.41) is 3.61. The third-order valence-corrected chi connectivity index (χ3v) is 6.36. The fraction of sp³-hybridized carbons (Fsp3) is 0.250. The molecule has 7 heteroatoms. The molecule has 3 heterocycles. The summed E-state index contributed by atoms with van der Waals surface area (Å²) < 4.78 is 7.17. The minimum Gasteiger partial charge on any atom is -0.494 e. The number of hydrogen-bond donors (Lipinski definition) is 1. The summed E-state index contributed by atoms with van der Waals surface area (Å²) in [6.07, 6.45) is 3.43. The van der Waals surface area contributed by atoms with Crippen LogP contribution in [0.25, 0.3) is 22.4 Å². The van der Waals surface area contributed by atoms with Gasteiger partial charge in [-0.05, 0) is 47.9 Å². The number of hydrogen-bond acceptors (Lipinski definition) is 6. The first-order chi connectivity index (χ1) is 17.1. The summed E-state index contributed by atoms with van der Waals surface area (Å²) in [6, 6.07) is 22.3. The van der Waals surface area contributed by atoms with Gasteiger partial charge in [0, 0.05) is 56.7 Å². The number of ether oxygens (including phenoxy) is 1. The quantitative estimate of drug-likeness (QED) is 0.461. The summed E-state index contributed by atoms with van der Waals surface area (Å²) in [5.74, 6) is 1.57. The number of pyridine rings is 1. The maximum atomic E-state index is 12.7. The van der Waals surface area contributed by atoms with Crippen LogP contribution in [0, 0.1) is 0 Å². The van der Waals surface area contributed by atoms with Gasteiger partial charge in [-0.3, -0.25) is 14.3 Å². The van der Waals surface area contributed by atoms with Gasteiger partial charge in [0.1, 0.15) is 5.75 Å². The van der Waals surface area contributed by atoms with Gasteiger partial charge >= 0.3 is 0 Å². The first-order valence-corrected chi connectivity index (χ1v) is 11.9. The van der Waals surface area contributed by atoms with Crippen molar-refractivity contribution in [3.63, 3.8) is 0 Å². The topological polar surface area (TPSA) is 72.3 Å². The molecule has 0 radical (unpaired) electrons. The van der Waals surface area contributed by atoms with Crippen LogP contribution < -0.4 is 20.5 Å². The lowest BCUT2D eigenvalue weighted by Crippen LogP contribution is -2.47. The summed E-state index contributed by atoms with van der Waals surface area (Å²) in [6.45, 7) is 4.96. The highest BCUT2D eigenvalue weighted by atomic mass is 16.5. The van der Waals surface area contributed by atoms with E-state index in [1.165, 1.54) is 11.1 Å². The van der Waals surface area contributed by atoms with E-state index in [4.69, 9.17) is 9.72 Å². The molecule has 35 heavy (non-hydrogen) atoms. The second kappa shape index (κ2) is 10.1. The van der Waals surface area contributed by atoms with Gasteiger partial charge in [0.15, 0.2) is 0 Å². The molecular formula is C28H29N5O2. The van der Waals surface area contributed by atoms with E-state index >= 15 is 0 Å². The summed E-state index contributed by atoms with van der Waals surface area (Å²) in [7, 11) is 1.78. The normalized spacial score (nSPS) is 15.7. The molecule has 2 aromatic heterocycles. The maximum Gasteiger partial charge on any atom is 0.255 e. The summed E-state index contributed by atoms with van der Waals surface area (Å²) in [4.78, 5) is 23.8. The average Bonchev–Trinajstić information content (AvgIpc) is 2.91. The van der Waals surface area contributed by atoms with Crippen LogP contribution >= 0.6 is 0 Å². The Bertz CT molecular complexity index is 1330. The van der Waals surface area contributed by atoms with Crippen molar-refractivity contribution in [2.24, 2.45) is 7.05 Å². The molecule has 1 aliphatic heterocycles. The van der Waals surface area contributed by atoms with Gasteiger partial charge in [0.2, 0.25) is 5.95 Å². The summed E-state index contributed by atoms with van der Waals surface area (Å²) in [5.41, 5.74) is 5.01. The monoisotopic (exact) mass is 467 g/mol. The number of nitrogens with zero attached hydrogens (tertiary/aromatic N) is 4. The average molecular weight is 468 g/mol. The second-order valence-electron chi connectivity index (χ2n) is 8.61. The minimum atomic E-state index is -0.0726. The Kier molecular flexibility index (Phi) is 6.59. The van der Waals surface area contributed by atoms with Gasteiger partial charge in [-0.1, -0.05) is 36.4 Å². The highest BCUT2D eigenvalue weighted by Gasteiger charge is 2.24. The van der Waals surface area contributed by atoms with Crippen molar-refractivity contribution in [1.29, 1.82) is 0 Å². The van der Waals surface area contributed by atoms with Crippen LogP contribution in [0.1, 0.15) is 18.5 Å². The third-order valence-electron chi connectivity index (χ3n) is 6.36. The Hall–Kier alpha value is -3.97. The maximum absolute atomic E-state index is 12.7. The van der Waals surface area contributed by atoms with Gasteiger partial charge < -0.3 is 15.0 Å². The Balaban J connectivity index is 1.36. The molecule has 1 N–H and O–H groups in total. The lowest BCUT2D eigenvalue weighted by atomic mass is 9.99. The number of aromatic nitrogens is 3. The van der Waals surface area contributed by atoms with Gasteiger partial charge in [0.25, 0.3) is 5.56 Å². The van der Waals surface area contributed by atoms with Crippen molar-refractivity contribution in [3.8, 4) is 28.1 Å². The Morgan fingerprint density at radius 2 is 1.66 bits per heavy atom. The molecule has 7 nitrogen and oxygen atoms in total. The number of benzene rings is 2. The summed E-state index contributed by atoms with van der Waals surface area (Å²) >= 11 is 0. The van der Waals surface area contributed by atoms with E-state index in [1.807, 2.05) is 31.2 Å². The van der Waals surface area contributed by atoms with E-state index in [1.54, 1.807) is 30.1 Å². The van der Waals surface area contributed by atoms with Crippen LogP contribution in [0.5, 0.6) is 5.75 Å². The van der Waals surface area contributed by atoms with Crippen molar-refractivity contribution in [2.45, 2.75) is 13.0 Å². The molecule has 1 fully saturated rings. The SMILES string of the molecule is CCOc1ccc(-c2ccc([C@H]3CN(c4nc(-c5ccncc5)cc(=O)n4C)CCN3)cc2)cc1. The molecule has 1 atom stereocenters. The molecule has 2 aromatic carbocycles. The molecule has 1 aliphatic rings. The van der Waals surface area contributed by atoms with E-state index in [2.05, 4.69) is 51.6 Å². The van der Waals surface area contributed by atoms with Crippen LogP contribution in [0.3, 0.4) is 0 Å². The first-order valence-electron chi connectivity index (χ1n) is 11.9. The second-order valence-corrected chi connectivity index (χ2v) is 8.61. The first kappa shape index (κ1) is 22.8. The Labute approximate surface area is 205 Å². The zero-order chi connectivity index (χ0) is 24.2. The predicted molar refractivity (Wildman–Crippen MR) is 139 cm³/mol. The molecular weight excluding hydrogens is 438 g/mol. The van der Waals surface area contributed by atoms with E-state index in [-0.39, 0.29) is 11.6 Å². The number of nitrogens with one attached hydrogen (secondary N) is 1. The molecule has 0 bridgehead atoms. The molecule has 0 spiro atoms. The van der Waals surface area contributed by atoms with Crippen molar-refractivity contribution in [3.05, 3.63) is 95.0 Å². The van der Waals surface area contributed by atoms with E-state index < -0.39 is 0 Å². The molecule has 1 saturated heterocycles. The zero-order valence-electron chi connectivity index (χ0n) is 20.0. The van der Waals surface area contributed by atoms with Crippen LogP contribution in [0.2, 0.25) is 0 Å². The van der Waals surface area contributed by atoms with Crippen LogP contribution in [0.4, 0.5) is 5.95 Å². The number of piperazine rings is 1. The number of rotatable bonds is 6. The fourth-order valence-electron chi connectivity index (χ4n) is 4.45. The van der Waals surface area contributed by atoms with Crippen LogP contribution in [-0.2, 0) is 7.05 Å². The molecule has 0 aliphatic carbocycles. The largest absolute Gasteiger partial charge is 0.494 e. The number of anilines is 1. The van der Waals surface area contributed by atoms with Crippen molar-refractivity contribution in [2.75, 3.05) is 31.1 Å². The smallest absolute Gasteiger partial charge is 0.255 e. The van der Waals surface area contributed by atoms with Gasteiger partial charge in [-0.25, -0.2) is 4.98 Å². The highest BCUT2D eigenvalue weighted by molar-refractivity contribution is 5.64. The van der Waals surface area contributed by atoms with Crippen molar-refractivity contribution < 1.29 is 4.74 Å². The van der Waals surface area contributed by atoms with E-state index in [0.29, 0.717) is 18.2 Å². The molecule has 5 rings (SSSR count). The van der Waals surface area contributed by atoms with Crippen LogP contribution in [0.15, 0.2) is 83.9 Å². The zero-order valence-corrected chi connectivity index (χ0v) is 20.0. The van der Waals surface area contributed by atoms with Gasteiger partial charge in [-0.15, -0.1) is 0 Å². The van der Waals surface area contributed by atoms with Crippen molar-refractivity contribution >= 4 is 5.95 Å². The molecule has 0 unspecified atom stereocenters. The Morgan fingerprint density at radius 3 is 2.34 bits per heavy atom. The van der Waals surface area contributed by atoms with E-state index in [9.17, 15) is 4.79 Å². The highest BCUT2D eigenvalue weighted by Crippen LogP contribution is 2.27. The lowest BCUT2D eigenvalue weighted by Gasteiger charge is -2.35. The third kappa shape index (κ3) is 4.95. The standard InChI is InChI=1S/C28H29N5O2/c1-3-35-24-10-8-21(9-11-24)20-4-6-22(7-5-20)26-19-33(17-16-30-26)28-31-25(18-27(34)32(28)2)23-12-14-29-15-13-23/h4-15,18,26,30H,3,16-17,19H2,1-2H3/t26-/m1/s1. The molecule has 4 aromatic rings.